The first-order valence-electron chi connectivity index (χ1n) is 4.46. The average molecular weight is 238 g/mol. The highest BCUT2D eigenvalue weighted by atomic mass is 35.5. The minimum atomic E-state index is -0.366. The largest absolute Gasteiger partial charge is 0.463 e. The van der Waals surface area contributed by atoms with Gasteiger partial charge < -0.3 is 9.40 Å². The second-order valence-corrected chi connectivity index (χ2v) is 3.38. The first kappa shape index (κ1) is 10.5. The van der Waals surface area contributed by atoms with Gasteiger partial charge in [0.1, 0.15) is 11.5 Å². The van der Waals surface area contributed by atoms with Gasteiger partial charge in [-0.05, 0) is 18.2 Å². The lowest BCUT2D eigenvalue weighted by Gasteiger charge is -1.94. The molecule has 0 fully saturated rings. The van der Waals surface area contributed by atoms with E-state index >= 15 is 0 Å². The molecule has 2 rings (SSSR count). The van der Waals surface area contributed by atoms with E-state index in [9.17, 15) is 4.79 Å². The standard InChI is InChI=1S/C10H8ClN3O2/c11-7-4-9(12-5-7)10(15)14-13-6-8-2-1-3-16-8/h1-6,12H,(H,14,15)/b13-6+. The molecule has 5 nitrogen and oxygen atoms in total. The molecule has 6 heteroatoms. The van der Waals surface area contributed by atoms with Crippen LogP contribution in [-0.2, 0) is 0 Å². The number of aromatic nitrogens is 1. The van der Waals surface area contributed by atoms with Crippen molar-refractivity contribution in [2.24, 2.45) is 5.10 Å². The first-order valence-corrected chi connectivity index (χ1v) is 4.84. The third kappa shape index (κ3) is 2.52. The Hall–Kier alpha value is -2.01. The maximum atomic E-state index is 11.4. The van der Waals surface area contributed by atoms with Gasteiger partial charge in [0.15, 0.2) is 0 Å². The van der Waals surface area contributed by atoms with Gasteiger partial charge in [0.25, 0.3) is 5.91 Å². The number of nitrogens with zero attached hydrogens (tertiary/aromatic N) is 1. The van der Waals surface area contributed by atoms with Gasteiger partial charge in [0.2, 0.25) is 0 Å². The number of rotatable bonds is 3. The zero-order valence-corrected chi connectivity index (χ0v) is 8.86. The highest BCUT2D eigenvalue weighted by Crippen LogP contribution is 2.08. The van der Waals surface area contributed by atoms with Gasteiger partial charge in [-0.25, -0.2) is 5.43 Å². The Balaban J connectivity index is 1.94. The number of H-pyrrole nitrogens is 1. The van der Waals surface area contributed by atoms with Gasteiger partial charge in [0, 0.05) is 6.20 Å². The fourth-order valence-corrected chi connectivity index (χ4v) is 1.24. The van der Waals surface area contributed by atoms with Crippen LogP contribution in [0.1, 0.15) is 16.2 Å². The van der Waals surface area contributed by atoms with E-state index in [1.807, 2.05) is 0 Å². The molecule has 0 unspecified atom stereocenters. The monoisotopic (exact) mass is 237 g/mol. The SMILES string of the molecule is O=C(N/N=C/c1ccco1)c1cc(Cl)c[nH]1. The summed E-state index contributed by atoms with van der Waals surface area (Å²) in [5.41, 5.74) is 2.68. The Morgan fingerprint density at radius 1 is 1.62 bits per heavy atom. The summed E-state index contributed by atoms with van der Waals surface area (Å²) in [5.74, 6) is 0.194. The Labute approximate surface area is 96.1 Å². The second kappa shape index (κ2) is 4.67. The van der Waals surface area contributed by atoms with Gasteiger partial charge in [-0.3, -0.25) is 4.79 Å². The van der Waals surface area contributed by atoms with Crippen LogP contribution in [0.5, 0.6) is 0 Å². The Morgan fingerprint density at radius 2 is 2.50 bits per heavy atom. The summed E-state index contributed by atoms with van der Waals surface area (Å²) in [6.45, 7) is 0. The highest BCUT2D eigenvalue weighted by molar-refractivity contribution is 6.30. The molecule has 0 atom stereocenters. The van der Waals surface area contributed by atoms with Crippen LogP contribution in [0.2, 0.25) is 5.02 Å². The van der Waals surface area contributed by atoms with E-state index in [4.69, 9.17) is 16.0 Å². The molecule has 2 heterocycles. The Kier molecular flexibility index (Phi) is 3.07. The van der Waals surface area contributed by atoms with E-state index in [-0.39, 0.29) is 5.91 Å². The van der Waals surface area contributed by atoms with E-state index in [1.165, 1.54) is 24.7 Å². The van der Waals surface area contributed by atoms with Gasteiger partial charge in [-0.15, -0.1) is 0 Å². The number of hydrogen-bond acceptors (Lipinski definition) is 3. The van der Waals surface area contributed by atoms with Crippen molar-refractivity contribution in [2.45, 2.75) is 0 Å². The van der Waals surface area contributed by atoms with Crippen LogP contribution in [0, 0.1) is 0 Å². The van der Waals surface area contributed by atoms with Crippen LogP contribution >= 0.6 is 11.6 Å². The van der Waals surface area contributed by atoms with E-state index in [0.29, 0.717) is 16.5 Å². The van der Waals surface area contributed by atoms with Crippen molar-refractivity contribution in [1.82, 2.24) is 10.4 Å². The fraction of sp³-hybridized carbons (Fsp3) is 0. The third-order valence-corrected chi connectivity index (χ3v) is 2.01. The molecule has 82 valence electrons. The summed E-state index contributed by atoms with van der Waals surface area (Å²) >= 11 is 5.66. The van der Waals surface area contributed by atoms with Crippen molar-refractivity contribution in [1.29, 1.82) is 0 Å². The number of hydrazone groups is 1. The highest BCUT2D eigenvalue weighted by Gasteiger charge is 2.05. The number of halogens is 1. The van der Waals surface area contributed by atoms with Crippen molar-refractivity contribution < 1.29 is 9.21 Å². The lowest BCUT2D eigenvalue weighted by Crippen LogP contribution is -2.17. The molecular formula is C10H8ClN3O2. The van der Waals surface area contributed by atoms with Crippen LogP contribution in [-0.4, -0.2) is 17.1 Å². The first-order chi connectivity index (χ1) is 7.75. The smallest absolute Gasteiger partial charge is 0.287 e. The molecule has 2 aromatic rings. The zero-order chi connectivity index (χ0) is 11.4. The summed E-state index contributed by atoms with van der Waals surface area (Å²) < 4.78 is 5.00. The summed E-state index contributed by atoms with van der Waals surface area (Å²) in [6.07, 6.45) is 4.45. The number of aromatic amines is 1. The molecule has 0 aliphatic heterocycles. The normalized spacial score (nSPS) is 10.8. The van der Waals surface area contributed by atoms with Crippen molar-refractivity contribution in [3.05, 3.63) is 47.1 Å². The molecule has 0 radical (unpaired) electrons. The predicted molar refractivity (Wildman–Crippen MR) is 59.6 cm³/mol. The van der Waals surface area contributed by atoms with E-state index in [1.54, 1.807) is 12.1 Å². The summed E-state index contributed by atoms with van der Waals surface area (Å²) in [6, 6.07) is 4.97. The molecule has 16 heavy (non-hydrogen) atoms. The lowest BCUT2D eigenvalue weighted by atomic mass is 10.4. The number of amides is 1. The van der Waals surface area contributed by atoms with Gasteiger partial charge >= 0.3 is 0 Å². The molecule has 0 saturated heterocycles. The summed E-state index contributed by atoms with van der Waals surface area (Å²) in [4.78, 5) is 14.1. The van der Waals surface area contributed by atoms with E-state index < -0.39 is 0 Å². The second-order valence-electron chi connectivity index (χ2n) is 2.95. The number of carbonyl (C=O) groups excluding carboxylic acids is 1. The predicted octanol–water partition coefficient (Wildman–Crippen LogP) is 2.02. The molecule has 2 aromatic heterocycles. The van der Waals surface area contributed by atoms with Gasteiger partial charge in [-0.2, -0.15) is 5.10 Å². The van der Waals surface area contributed by atoms with E-state index in [2.05, 4.69) is 15.5 Å². The van der Waals surface area contributed by atoms with Crippen molar-refractivity contribution in [3.8, 4) is 0 Å². The number of carbonyl (C=O) groups is 1. The van der Waals surface area contributed by atoms with Crippen molar-refractivity contribution >= 4 is 23.7 Å². The molecule has 1 amide bonds. The molecule has 0 aromatic carbocycles. The average Bonchev–Trinajstić information content (AvgIpc) is 2.89. The molecule has 0 aliphatic carbocycles. The molecule has 0 saturated carbocycles. The van der Waals surface area contributed by atoms with Gasteiger partial charge in [0.05, 0.1) is 17.5 Å². The molecule has 0 spiro atoms. The number of nitrogens with one attached hydrogen (secondary N) is 2. The van der Waals surface area contributed by atoms with Crippen LogP contribution in [0.25, 0.3) is 0 Å². The number of furan rings is 1. The third-order valence-electron chi connectivity index (χ3n) is 1.79. The van der Waals surface area contributed by atoms with Crippen LogP contribution in [0.15, 0.2) is 40.2 Å². The maximum Gasteiger partial charge on any atom is 0.287 e. The Morgan fingerprint density at radius 3 is 3.12 bits per heavy atom. The molecule has 0 bridgehead atoms. The zero-order valence-electron chi connectivity index (χ0n) is 8.11. The van der Waals surface area contributed by atoms with E-state index in [0.717, 1.165) is 0 Å². The van der Waals surface area contributed by atoms with Crippen LogP contribution < -0.4 is 5.43 Å². The summed E-state index contributed by atoms with van der Waals surface area (Å²) in [7, 11) is 0. The quantitative estimate of drug-likeness (QED) is 0.633. The topological polar surface area (TPSA) is 70.4 Å². The lowest BCUT2D eigenvalue weighted by molar-refractivity contribution is 0.0951. The molecular weight excluding hydrogens is 230 g/mol. The fourth-order valence-electron chi connectivity index (χ4n) is 1.08. The maximum absolute atomic E-state index is 11.4. The number of hydrogen-bond donors (Lipinski definition) is 2. The van der Waals surface area contributed by atoms with Gasteiger partial charge in [-0.1, -0.05) is 11.6 Å². The summed E-state index contributed by atoms with van der Waals surface area (Å²) in [5, 5.41) is 4.19. The molecule has 0 aliphatic rings. The van der Waals surface area contributed by atoms with Crippen LogP contribution in [0.3, 0.4) is 0 Å². The van der Waals surface area contributed by atoms with Crippen molar-refractivity contribution in [3.63, 3.8) is 0 Å². The molecule has 2 N–H and O–H groups in total. The Bertz CT molecular complexity index is 502. The van der Waals surface area contributed by atoms with Crippen molar-refractivity contribution in [2.75, 3.05) is 0 Å². The minimum absolute atomic E-state index is 0.349. The van der Waals surface area contributed by atoms with Crippen LogP contribution in [0.4, 0.5) is 0 Å². The minimum Gasteiger partial charge on any atom is -0.463 e.